The highest BCUT2D eigenvalue weighted by Gasteiger charge is 2.05. The van der Waals surface area contributed by atoms with E-state index in [0.717, 1.165) is 12.3 Å². The van der Waals surface area contributed by atoms with Crippen LogP contribution in [0.3, 0.4) is 0 Å². The third-order valence-electron chi connectivity index (χ3n) is 2.22. The number of carbonyl (C=O) groups is 1. The molecule has 5 heteroatoms. The highest BCUT2D eigenvalue weighted by Crippen LogP contribution is 2.16. The van der Waals surface area contributed by atoms with Gasteiger partial charge in [-0.15, -0.1) is 0 Å². The van der Waals surface area contributed by atoms with Crippen LogP contribution >= 0.6 is 11.8 Å². The van der Waals surface area contributed by atoms with Gasteiger partial charge in [-0.05, 0) is 13.8 Å². The first-order valence-corrected chi connectivity index (χ1v) is 6.11. The Morgan fingerprint density at radius 3 is 2.93 bits per heavy atom. The molecule has 0 bridgehead atoms. The van der Waals surface area contributed by atoms with E-state index in [1.165, 1.54) is 11.3 Å². The molecule has 0 unspecified atom stereocenters. The molecule has 1 rings (SSSR count). The molecule has 0 spiro atoms. The first-order chi connectivity index (χ1) is 7.15. The Morgan fingerprint density at radius 2 is 2.40 bits per heavy atom. The predicted octanol–water partition coefficient (Wildman–Crippen LogP) is 1.92. The second-order valence-electron chi connectivity index (χ2n) is 3.27. The SMILES string of the molecule is CCn1ncc(CSCCC(=O)O)c1C. The van der Waals surface area contributed by atoms with Crippen LogP contribution in [0.1, 0.15) is 24.6 Å². The molecule has 0 saturated carbocycles. The lowest BCUT2D eigenvalue weighted by molar-refractivity contribution is -0.136. The summed E-state index contributed by atoms with van der Waals surface area (Å²) in [6.07, 6.45) is 2.10. The van der Waals surface area contributed by atoms with Gasteiger partial charge in [0.1, 0.15) is 0 Å². The minimum absolute atomic E-state index is 0.228. The van der Waals surface area contributed by atoms with Crippen molar-refractivity contribution in [2.45, 2.75) is 32.6 Å². The molecule has 1 aromatic rings. The summed E-state index contributed by atoms with van der Waals surface area (Å²) in [6.45, 7) is 4.98. The maximum atomic E-state index is 10.3. The summed E-state index contributed by atoms with van der Waals surface area (Å²) in [5, 5.41) is 12.7. The van der Waals surface area contributed by atoms with Gasteiger partial charge in [-0.1, -0.05) is 0 Å². The number of carboxylic acids is 1. The van der Waals surface area contributed by atoms with Crippen molar-refractivity contribution in [2.75, 3.05) is 5.75 Å². The van der Waals surface area contributed by atoms with Crippen molar-refractivity contribution in [2.24, 2.45) is 0 Å². The highest BCUT2D eigenvalue weighted by molar-refractivity contribution is 7.98. The minimum Gasteiger partial charge on any atom is -0.481 e. The van der Waals surface area contributed by atoms with Crippen LogP contribution in [-0.4, -0.2) is 26.6 Å². The molecular weight excluding hydrogens is 212 g/mol. The summed E-state index contributed by atoms with van der Waals surface area (Å²) in [5.74, 6) is 0.772. The largest absolute Gasteiger partial charge is 0.481 e. The summed E-state index contributed by atoms with van der Waals surface area (Å²) in [5.41, 5.74) is 2.38. The lowest BCUT2D eigenvalue weighted by Crippen LogP contribution is -1.99. The number of carboxylic acid groups (broad SMARTS) is 1. The topological polar surface area (TPSA) is 55.1 Å². The van der Waals surface area contributed by atoms with Crippen LogP contribution in [0, 0.1) is 6.92 Å². The fourth-order valence-electron chi connectivity index (χ4n) is 1.29. The Hall–Kier alpha value is -0.970. The quantitative estimate of drug-likeness (QED) is 0.756. The fourth-order valence-corrected chi connectivity index (χ4v) is 2.25. The molecule has 0 aliphatic heterocycles. The standard InChI is InChI=1S/C10H16N2O2S/c1-3-12-8(2)9(6-11-12)7-15-5-4-10(13)14/h6H,3-5,7H2,1-2H3,(H,13,14). The van der Waals surface area contributed by atoms with Gasteiger partial charge in [-0.3, -0.25) is 9.48 Å². The van der Waals surface area contributed by atoms with E-state index < -0.39 is 5.97 Å². The maximum absolute atomic E-state index is 10.3. The van der Waals surface area contributed by atoms with Crippen LogP contribution in [0.15, 0.2) is 6.20 Å². The molecule has 84 valence electrons. The normalized spacial score (nSPS) is 10.5. The van der Waals surface area contributed by atoms with Crippen LogP contribution in [0.4, 0.5) is 0 Å². The first-order valence-electron chi connectivity index (χ1n) is 4.96. The van der Waals surface area contributed by atoms with E-state index in [4.69, 9.17) is 5.11 Å². The van der Waals surface area contributed by atoms with E-state index in [-0.39, 0.29) is 6.42 Å². The van der Waals surface area contributed by atoms with Crippen molar-refractivity contribution in [3.05, 3.63) is 17.5 Å². The van der Waals surface area contributed by atoms with Gasteiger partial charge in [0.15, 0.2) is 0 Å². The van der Waals surface area contributed by atoms with Gasteiger partial charge < -0.3 is 5.11 Å². The fraction of sp³-hybridized carbons (Fsp3) is 0.600. The van der Waals surface area contributed by atoms with Gasteiger partial charge in [0.05, 0.1) is 12.6 Å². The predicted molar refractivity (Wildman–Crippen MR) is 61.1 cm³/mol. The Morgan fingerprint density at radius 1 is 1.67 bits per heavy atom. The zero-order valence-corrected chi connectivity index (χ0v) is 9.88. The number of aryl methyl sites for hydroxylation is 1. The smallest absolute Gasteiger partial charge is 0.304 e. The van der Waals surface area contributed by atoms with E-state index >= 15 is 0 Å². The molecule has 1 aromatic heterocycles. The average Bonchev–Trinajstić information content (AvgIpc) is 2.54. The van der Waals surface area contributed by atoms with Crippen molar-refractivity contribution < 1.29 is 9.90 Å². The molecule has 0 fully saturated rings. The van der Waals surface area contributed by atoms with Gasteiger partial charge in [-0.25, -0.2) is 0 Å². The van der Waals surface area contributed by atoms with E-state index in [9.17, 15) is 4.79 Å². The number of rotatable bonds is 6. The number of thioether (sulfide) groups is 1. The van der Waals surface area contributed by atoms with Crippen LogP contribution < -0.4 is 0 Å². The molecule has 0 aromatic carbocycles. The highest BCUT2D eigenvalue weighted by atomic mass is 32.2. The van der Waals surface area contributed by atoms with E-state index in [2.05, 4.69) is 12.0 Å². The second-order valence-corrected chi connectivity index (χ2v) is 4.37. The lowest BCUT2D eigenvalue weighted by Gasteiger charge is -2.01. The number of hydrogen-bond acceptors (Lipinski definition) is 3. The zero-order valence-electron chi connectivity index (χ0n) is 9.06. The Bertz CT molecular complexity index is 336. The molecule has 1 N–H and O–H groups in total. The number of hydrogen-bond donors (Lipinski definition) is 1. The van der Waals surface area contributed by atoms with Gasteiger partial charge in [-0.2, -0.15) is 16.9 Å². The summed E-state index contributed by atoms with van der Waals surface area (Å²) >= 11 is 1.64. The zero-order chi connectivity index (χ0) is 11.3. The van der Waals surface area contributed by atoms with Gasteiger partial charge in [0.2, 0.25) is 0 Å². The van der Waals surface area contributed by atoms with Crippen molar-refractivity contribution >= 4 is 17.7 Å². The summed E-state index contributed by atoms with van der Waals surface area (Å²) in [7, 11) is 0. The van der Waals surface area contributed by atoms with E-state index in [1.807, 2.05) is 17.8 Å². The monoisotopic (exact) mass is 228 g/mol. The molecule has 15 heavy (non-hydrogen) atoms. The van der Waals surface area contributed by atoms with Crippen LogP contribution in [0.2, 0.25) is 0 Å². The Kier molecular flexibility index (Phi) is 4.68. The number of aromatic nitrogens is 2. The third-order valence-corrected chi connectivity index (χ3v) is 3.23. The van der Waals surface area contributed by atoms with Gasteiger partial charge in [0, 0.05) is 29.3 Å². The number of aliphatic carboxylic acids is 1. The summed E-state index contributed by atoms with van der Waals surface area (Å²) in [4.78, 5) is 10.3. The van der Waals surface area contributed by atoms with Crippen molar-refractivity contribution in [1.82, 2.24) is 9.78 Å². The molecule has 0 aliphatic carbocycles. The van der Waals surface area contributed by atoms with Crippen molar-refractivity contribution in [3.8, 4) is 0 Å². The molecule has 0 atom stereocenters. The first kappa shape index (κ1) is 12.1. The summed E-state index contributed by atoms with van der Waals surface area (Å²) in [6, 6.07) is 0. The Balaban J connectivity index is 2.37. The second kappa shape index (κ2) is 5.80. The molecule has 1 heterocycles. The van der Waals surface area contributed by atoms with Gasteiger partial charge in [0.25, 0.3) is 0 Å². The lowest BCUT2D eigenvalue weighted by atomic mass is 10.3. The molecule has 4 nitrogen and oxygen atoms in total. The van der Waals surface area contributed by atoms with Crippen molar-refractivity contribution in [1.29, 1.82) is 0 Å². The molecule has 0 amide bonds. The van der Waals surface area contributed by atoms with E-state index in [0.29, 0.717) is 5.75 Å². The molecule has 0 aliphatic rings. The summed E-state index contributed by atoms with van der Waals surface area (Å²) < 4.78 is 1.95. The molecule has 0 radical (unpaired) electrons. The number of nitrogens with zero attached hydrogens (tertiary/aromatic N) is 2. The van der Waals surface area contributed by atoms with Crippen LogP contribution in [0.25, 0.3) is 0 Å². The average molecular weight is 228 g/mol. The Labute approximate surface area is 93.7 Å². The molecular formula is C10H16N2O2S. The third kappa shape index (κ3) is 3.58. The minimum atomic E-state index is -0.733. The van der Waals surface area contributed by atoms with Crippen LogP contribution in [0.5, 0.6) is 0 Å². The van der Waals surface area contributed by atoms with Gasteiger partial charge >= 0.3 is 5.97 Å². The van der Waals surface area contributed by atoms with Crippen molar-refractivity contribution in [3.63, 3.8) is 0 Å². The van der Waals surface area contributed by atoms with Crippen LogP contribution in [-0.2, 0) is 17.1 Å². The van der Waals surface area contributed by atoms with E-state index in [1.54, 1.807) is 11.8 Å². The maximum Gasteiger partial charge on any atom is 0.304 e. The molecule has 0 saturated heterocycles.